The lowest BCUT2D eigenvalue weighted by atomic mass is 10.3. The van der Waals surface area contributed by atoms with Gasteiger partial charge in [0, 0.05) is 0 Å². The molecule has 0 aliphatic carbocycles. The van der Waals surface area contributed by atoms with E-state index in [1.807, 2.05) is 0 Å². The minimum Gasteiger partial charge on any atom is -0.742 e. The molecule has 2 aromatic rings. The molecule has 0 atom stereocenters. The van der Waals surface area contributed by atoms with Crippen molar-refractivity contribution in [3.63, 3.8) is 0 Å². The van der Waals surface area contributed by atoms with Gasteiger partial charge in [-0.15, -0.1) is 0 Å². The van der Waals surface area contributed by atoms with Crippen molar-refractivity contribution in [2.45, 2.75) is 5.09 Å². The maximum atomic E-state index is 11.7. The summed E-state index contributed by atoms with van der Waals surface area (Å²) in [6.45, 7) is -0.0595. The Morgan fingerprint density at radius 3 is 2.75 bits per heavy atom. The Labute approximate surface area is 138 Å². The van der Waals surface area contributed by atoms with Crippen molar-refractivity contribution >= 4 is 27.9 Å². The number of furan rings is 1. The number of carbonyl (C=O) groups is 1. The number of para-hydroxylation sites is 2. The fraction of sp³-hybridized carbons (Fsp3) is 0.143. The zero-order valence-corrected chi connectivity index (χ0v) is 13.4. The van der Waals surface area contributed by atoms with Crippen LogP contribution in [0.3, 0.4) is 0 Å². The number of anilines is 1. The van der Waals surface area contributed by atoms with Crippen LogP contribution in [0.1, 0.15) is 5.76 Å². The number of amides is 1. The monoisotopic (exact) mass is 352 g/mol. The van der Waals surface area contributed by atoms with Crippen molar-refractivity contribution in [2.24, 2.45) is 5.10 Å². The quantitative estimate of drug-likeness (QED) is 0.427. The highest BCUT2D eigenvalue weighted by molar-refractivity contribution is 7.85. The average Bonchev–Trinajstić information content (AvgIpc) is 3.02. The number of methoxy groups -OCH3 is 1. The lowest BCUT2D eigenvalue weighted by Gasteiger charge is -2.09. The van der Waals surface area contributed by atoms with Crippen molar-refractivity contribution in [2.75, 3.05) is 19.0 Å². The van der Waals surface area contributed by atoms with Crippen LogP contribution in [0.2, 0.25) is 0 Å². The summed E-state index contributed by atoms with van der Waals surface area (Å²) in [5.74, 6) is 0.165. The third kappa shape index (κ3) is 4.83. The number of nitrogens with zero attached hydrogens (tertiary/aromatic N) is 1. The molecule has 0 fully saturated rings. The number of ether oxygens (including phenoxy) is 1. The van der Waals surface area contributed by atoms with E-state index in [4.69, 9.17) is 9.15 Å². The molecule has 24 heavy (non-hydrogen) atoms. The summed E-state index contributed by atoms with van der Waals surface area (Å²) in [6, 6.07) is 9.34. The number of hydrogen-bond acceptors (Lipinski definition) is 8. The minimum atomic E-state index is -4.66. The summed E-state index contributed by atoms with van der Waals surface area (Å²) in [5, 5.41) is 5.77. The first-order valence-corrected chi connectivity index (χ1v) is 8.05. The second kappa shape index (κ2) is 7.62. The molecule has 2 rings (SSSR count). The molecule has 2 N–H and O–H groups in total. The normalized spacial score (nSPS) is 11.4. The highest BCUT2D eigenvalue weighted by Crippen LogP contribution is 2.22. The molecule has 0 saturated heterocycles. The van der Waals surface area contributed by atoms with E-state index < -0.39 is 21.1 Å². The Hall–Kier alpha value is -2.85. The first-order chi connectivity index (χ1) is 11.4. The van der Waals surface area contributed by atoms with Gasteiger partial charge in [-0.2, -0.15) is 5.10 Å². The van der Waals surface area contributed by atoms with Crippen molar-refractivity contribution < 1.29 is 26.9 Å². The van der Waals surface area contributed by atoms with Gasteiger partial charge in [0.15, 0.2) is 10.1 Å². The number of rotatable bonds is 7. The molecule has 1 aromatic heterocycles. The van der Waals surface area contributed by atoms with Gasteiger partial charge < -0.3 is 19.0 Å². The Morgan fingerprint density at radius 2 is 2.08 bits per heavy atom. The van der Waals surface area contributed by atoms with Crippen LogP contribution in [0.15, 0.2) is 51.0 Å². The van der Waals surface area contributed by atoms with Crippen LogP contribution in [0.5, 0.6) is 5.75 Å². The van der Waals surface area contributed by atoms with E-state index in [0.29, 0.717) is 11.4 Å². The van der Waals surface area contributed by atoms with Gasteiger partial charge in [0.2, 0.25) is 5.09 Å². The molecular weight excluding hydrogens is 338 g/mol. The van der Waals surface area contributed by atoms with Crippen LogP contribution in [-0.4, -0.2) is 38.7 Å². The van der Waals surface area contributed by atoms with Crippen molar-refractivity contribution in [3.8, 4) is 5.75 Å². The van der Waals surface area contributed by atoms with Crippen LogP contribution >= 0.6 is 0 Å². The van der Waals surface area contributed by atoms with Crippen LogP contribution < -0.4 is 15.5 Å². The van der Waals surface area contributed by atoms with E-state index >= 15 is 0 Å². The van der Waals surface area contributed by atoms with E-state index in [0.717, 1.165) is 12.3 Å². The second-order valence-electron chi connectivity index (χ2n) is 4.46. The third-order valence-electron chi connectivity index (χ3n) is 2.78. The largest absolute Gasteiger partial charge is 0.742 e. The first kappa shape index (κ1) is 17.5. The van der Waals surface area contributed by atoms with Crippen molar-refractivity contribution in [1.82, 2.24) is 5.43 Å². The average molecular weight is 352 g/mol. The van der Waals surface area contributed by atoms with Gasteiger partial charge in [0.1, 0.15) is 11.5 Å². The predicted octanol–water partition coefficient (Wildman–Crippen LogP) is 0.755. The van der Waals surface area contributed by atoms with Crippen LogP contribution in [0.4, 0.5) is 5.69 Å². The van der Waals surface area contributed by atoms with Crippen LogP contribution in [0.25, 0.3) is 0 Å². The summed E-state index contributed by atoms with van der Waals surface area (Å²) in [7, 11) is -3.14. The van der Waals surface area contributed by atoms with Crippen molar-refractivity contribution in [1.29, 1.82) is 0 Å². The van der Waals surface area contributed by atoms with E-state index in [2.05, 4.69) is 15.8 Å². The molecule has 0 saturated carbocycles. The fourth-order valence-corrected chi connectivity index (χ4v) is 2.14. The van der Waals surface area contributed by atoms with Gasteiger partial charge >= 0.3 is 0 Å². The van der Waals surface area contributed by atoms with Gasteiger partial charge in [0.05, 0.1) is 25.6 Å². The van der Waals surface area contributed by atoms with E-state index in [1.165, 1.54) is 13.2 Å². The zero-order chi connectivity index (χ0) is 17.6. The molecule has 0 unspecified atom stereocenters. The standard InChI is InChI=1S/C14H15N3O6S/c1-22-12-5-3-2-4-11(12)15-9-13(18)17-16-8-10-6-7-14(23-10)24(19,20)21/h2-8,15H,9H2,1H3,(H,17,18)(H,19,20,21)/p-1. The zero-order valence-electron chi connectivity index (χ0n) is 12.6. The maximum Gasteiger partial charge on any atom is 0.259 e. The highest BCUT2D eigenvalue weighted by atomic mass is 32.2. The number of nitrogens with one attached hydrogen (secondary N) is 2. The van der Waals surface area contributed by atoms with E-state index in [1.54, 1.807) is 24.3 Å². The predicted molar refractivity (Wildman–Crippen MR) is 83.9 cm³/mol. The molecule has 1 heterocycles. The first-order valence-electron chi connectivity index (χ1n) is 6.64. The second-order valence-corrected chi connectivity index (χ2v) is 5.77. The number of carbonyl (C=O) groups excluding carboxylic acids is 1. The summed E-state index contributed by atoms with van der Waals surface area (Å²) in [6.07, 6.45) is 1.08. The van der Waals surface area contributed by atoms with Crippen LogP contribution in [-0.2, 0) is 14.9 Å². The van der Waals surface area contributed by atoms with Gasteiger partial charge in [0.25, 0.3) is 5.91 Å². The topological polar surface area (TPSA) is 133 Å². The molecule has 0 bridgehead atoms. The maximum absolute atomic E-state index is 11.7. The van der Waals surface area contributed by atoms with Crippen molar-refractivity contribution in [3.05, 3.63) is 42.2 Å². The minimum absolute atomic E-state index is 0.0161. The van der Waals surface area contributed by atoms with Gasteiger partial charge in [-0.1, -0.05) is 12.1 Å². The van der Waals surface area contributed by atoms with Crippen LogP contribution in [0, 0.1) is 0 Å². The molecule has 0 radical (unpaired) electrons. The third-order valence-corrected chi connectivity index (χ3v) is 3.49. The van der Waals surface area contributed by atoms with E-state index in [9.17, 15) is 17.8 Å². The van der Waals surface area contributed by atoms with Gasteiger partial charge in [-0.25, -0.2) is 13.8 Å². The molecule has 0 aliphatic heterocycles. The summed E-state index contributed by atoms with van der Waals surface area (Å²) in [4.78, 5) is 11.7. The van der Waals surface area contributed by atoms with E-state index in [-0.39, 0.29) is 12.3 Å². The Balaban J connectivity index is 1.86. The molecule has 1 aromatic carbocycles. The Bertz CT molecular complexity index is 844. The molecule has 1 amide bonds. The van der Waals surface area contributed by atoms with Gasteiger partial charge in [-0.05, 0) is 24.3 Å². The van der Waals surface area contributed by atoms with Gasteiger partial charge in [-0.3, -0.25) is 4.79 Å². The highest BCUT2D eigenvalue weighted by Gasteiger charge is 2.07. The summed E-state index contributed by atoms with van der Waals surface area (Å²) in [5.41, 5.74) is 2.88. The molecule has 10 heteroatoms. The molecule has 0 spiro atoms. The summed E-state index contributed by atoms with van der Waals surface area (Å²) >= 11 is 0. The molecular formula is C14H14N3O6S-. The molecule has 9 nitrogen and oxygen atoms in total. The fourth-order valence-electron chi connectivity index (χ4n) is 1.71. The molecule has 128 valence electrons. The lowest BCUT2D eigenvalue weighted by molar-refractivity contribution is -0.119. The Morgan fingerprint density at radius 1 is 1.33 bits per heavy atom. The number of hydrogen-bond donors (Lipinski definition) is 2. The summed E-state index contributed by atoms with van der Waals surface area (Å²) < 4.78 is 42.0. The number of benzene rings is 1. The molecule has 0 aliphatic rings. The smallest absolute Gasteiger partial charge is 0.259 e. The lowest BCUT2D eigenvalue weighted by Crippen LogP contribution is -2.26. The number of hydrazone groups is 1. The SMILES string of the molecule is COc1ccccc1NCC(=O)NN=Cc1ccc(S(=O)(=O)[O-])o1. The Kier molecular flexibility index (Phi) is 5.55.